The number of pyridine rings is 1. The normalized spacial score (nSPS) is 28.6. The lowest BCUT2D eigenvalue weighted by Crippen LogP contribution is -2.54. The van der Waals surface area contributed by atoms with Gasteiger partial charge in [0.1, 0.15) is 0 Å². The van der Waals surface area contributed by atoms with E-state index in [9.17, 15) is 9.90 Å². The van der Waals surface area contributed by atoms with Crippen LogP contribution in [0, 0.1) is 16.7 Å². The quantitative estimate of drug-likeness (QED) is 0.891. The van der Waals surface area contributed by atoms with E-state index in [0.29, 0.717) is 19.0 Å². The first-order chi connectivity index (χ1) is 10.9. The van der Waals surface area contributed by atoms with Gasteiger partial charge in [-0.2, -0.15) is 0 Å². The fourth-order valence-corrected chi connectivity index (χ4v) is 4.72. The lowest BCUT2D eigenvalue weighted by Gasteiger charge is -2.55. The Morgan fingerprint density at radius 2 is 2.13 bits per heavy atom. The number of aromatic nitrogens is 1. The number of rotatable bonds is 5. The average Bonchev–Trinajstić information content (AvgIpc) is 2.83. The van der Waals surface area contributed by atoms with Crippen LogP contribution in [0.5, 0.6) is 0 Å². The number of carbonyl (C=O) groups is 1. The van der Waals surface area contributed by atoms with E-state index in [2.05, 4.69) is 18.8 Å². The highest BCUT2D eigenvalue weighted by Crippen LogP contribution is 2.62. The number of likely N-dealkylation sites (N-methyl/N-ethyl adjacent to an activating group) is 1. The van der Waals surface area contributed by atoms with E-state index in [0.717, 1.165) is 25.1 Å². The summed E-state index contributed by atoms with van der Waals surface area (Å²) in [5.74, 6) is 0.592. The fraction of sp³-hybridized carbons (Fsp3) is 0.667. The molecule has 1 amide bonds. The van der Waals surface area contributed by atoms with Crippen molar-refractivity contribution in [1.29, 1.82) is 0 Å². The highest BCUT2D eigenvalue weighted by molar-refractivity contribution is 5.78. The third-order valence-corrected chi connectivity index (χ3v) is 5.67. The van der Waals surface area contributed by atoms with Gasteiger partial charge in [0.15, 0.2) is 0 Å². The number of hydrogen-bond acceptors (Lipinski definition) is 4. The molecule has 1 saturated carbocycles. The Balaban J connectivity index is 1.57. The van der Waals surface area contributed by atoms with Gasteiger partial charge in [-0.05, 0) is 42.5 Å². The largest absolute Gasteiger partial charge is 0.396 e. The minimum absolute atomic E-state index is 0.0527. The van der Waals surface area contributed by atoms with Crippen LogP contribution in [-0.2, 0) is 11.3 Å². The molecule has 5 heteroatoms. The van der Waals surface area contributed by atoms with Crippen molar-refractivity contribution in [2.24, 2.45) is 16.7 Å². The van der Waals surface area contributed by atoms with Crippen LogP contribution in [0.1, 0.15) is 25.8 Å². The number of aliphatic hydroxyl groups excluding tert-OH is 1. The Morgan fingerprint density at radius 3 is 2.70 bits per heavy atom. The number of nitrogens with zero attached hydrogens (tertiary/aromatic N) is 3. The summed E-state index contributed by atoms with van der Waals surface area (Å²) in [5, 5.41) is 9.80. The molecule has 0 bridgehead atoms. The molecule has 1 aromatic heterocycles. The average molecular weight is 317 g/mol. The summed E-state index contributed by atoms with van der Waals surface area (Å²) in [6, 6.07) is 3.95. The molecule has 1 aliphatic heterocycles. The molecule has 126 valence electrons. The van der Waals surface area contributed by atoms with Crippen molar-refractivity contribution in [3.8, 4) is 0 Å². The van der Waals surface area contributed by atoms with E-state index in [1.165, 1.54) is 0 Å². The maximum atomic E-state index is 12.6. The van der Waals surface area contributed by atoms with Gasteiger partial charge in [-0.25, -0.2) is 0 Å². The fourth-order valence-electron chi connectivity index (χ4n) is 4.72. The molecule has 23 heavy (non-hydrogen) atoms. The smallest absolute Gasteiger partial charge is 0.236 e. The first kappa shape index (κ1) is 16.4. The zero-order chi connectivity index (χ0) is 16.7. The molecule has 1 N–H and O–H groups in total. The second kappa shape index (κ2) is 5.87. The molecule has 2 aliphatic rings. The number of carbonyl (C=O) groups excluding carboxylic acids is 1. The van der Waals surface area contributed by atoms with Gasteiger partial charge in [0.05, 0.1) is 13.2 Å². The van der Waals surface area contributed by atoms with E-state index in [4.69, 9.17) is 0 Å². The van der Waals surface area contributed by atoms with Crippen molar-refractivity contribution in [2.75, 3.05) is 33.3 Å². The maximum Gasteiger partial charge on any atom is 0.236 e. The van der Waals surface area contributed by atoms with E-state index >= 15 is 0 Å². The van der Waals surface area contributed by atoms with Crippen molar-refractivity contribution in [2.45, 2.75) is 26.8 Å². The first-order valence-corrected chi connectivity index (χ1v) is 8.32. The lowest BCUT2D eigenvalue weighted by molar-refractivity contribution is -0.131. The van der Waals surface area contributed by atoms with Crippen LogP contribution < -0.4 is 0 Å². The molecule has 0 aromatic carbocycles. The van der Waals surface area contributed by atoms with Crippen molar-refractivity contribution < 1.29 is 9.90 Å². The minimum atomic E-state index is -0.0527. The SMILES string of the molecule is CN(CC(=O)N1C[C@@H]2C(C)(C)C[C@]2(CO)C1)Cc1ccncc1. The number of aliphatic hydroxyl groups is 1. The van der Waals surface area contributed by atoms with E-state index in [1.807, 2.05) is 29.0 Å². The first-order valence-electron chi connectivity index (χ1n) is 8.32. The summed E-state index contributed by atoms with van der Waals surface area (Å²) in [5.41, 5.74) is 1.34. The highest BCUT2D eigenvalue weighted by Gasteiger charge is 2.62. The van der Waals surface area contributed by atoms with E-state index in [1.54, 1.807) is 12.4 Å². The van der Waals surface area contributed by atoms with E-state index in [-0.39, 0.29) is 23.3 Å². The molecule has 2 atom stereocenters. The molecule has 5 nitrogen and oxygen atoms in total. The molecule has 0 unspecified atom stereocenters. The third kappa shape index (κ3) is 3.00. The molecule has 2 fully saturated rings. The predicted octanol–water partition coefficient (Wildman–Crippen LogP) is 1.38. The monoisotopic (exact) mass is 317 g/mol. The van der Waals surface area contributed by atoms with Crippen molar-refractivity contribution in [3.05, 3.63) is 30.1 Å². The van der Waals surface area contributed by atoms with Gasteiger partial charge < -0.3 is 10.0 Å². The Kier molecular flexibility index (Phi) is 4.19. The molecule has 3 rings (SSSR count). The van der Waals surface area contributed by atoms with Crippen LogP contribution >= 0.6 is 0 Å². The number of hydrogen-bond donors (Lipinski definition) is 1. The molecule has 1 aromatic rings. The lowest BCUT2D eigenvalue weighted by atomic mass is 9.48. The van der Waals surface area contributed by atoms with Crippen LogP contribution in [0.25, 0.3) is 0 Å². The second-order valence-corrected chi connectivity index (χ2v) is 8.04. The molecule has 0 spiro atoms. The molecular formula is C18H27N3O2. The highest BCUT2D eigenvalue weighted by atomic mass is 16.3. The Labute approximate surface area is 138 Å². The number of likely N-dealkylation sites (tertiary alicyclic amines) is 1. The van der Waals surface area contributed by atoms with Gasteiger partial charge in [0.2, 0.25) is 5.91 Å². The van der Waals surface area contributed by atoms with Gasteiger partial charge in [-0.3, -0.25) is 14.7 Å². The standard InChI is InChI=1S/C18H27N3O2/c1-17(2)11-18(13-22)12-21(9-15(17)18)16(23)10-20(3)8-14-4-6-19-7-5-14/h4-7,15,22H,8-13H2,1-3H3/t15-,18-/m1/s1. The molecular weight excluding hydrogens is 290 g/mol. The second-order valence-electron chi connectivity index (χ2n) is 8.04. The molecule has 1 aliphatic carbocycles. The van der Waals surface area contributed by atoms with Crippen molar-refractivity contribution in [1.82, 2.24) is 14.8 Å². The molecule has 0 radical (unpaired) electrons. The maximum absolute atomic E-state index is 12.6. The summed E-state index contributed by atoms with van der Waals surface area (Å²) < 4.78 is 0. The summed E-state index contributed by atoms with van der Waals surface area (Å²) in [6.07, 6.45) is 4.56. The minimum Gasteiger partial charge on any atom is -0.396 e. The third-order valence-electron chi connectivity index (χ3n) is 5.67. The summed E-state index contributed by atoms with van der Waals surface area (Å²) in [6.45, 7) is 7.33. The van der Waals surface area contributed by atoms with Crippen LogP contribution in [0.2, 0.25) is 0 Å². The molecule has 2 heterocycles. The number of fused-ring (bicyclic) bond motifs is 1. The van der Waals surface area contributed by atoms with E-state index < -0.39 is 0 Å². The summed E-state index contributed by atoms with van der Waals surface area (Å²) in [7, 11) is 1.97. The topological polar surface area (TPSA) is 56.7 Å². The zero-order valence-corrected chi connectivity index (χ0v) is 14.3. The Bertz CT molecular complexity index is 575. The van der Waals surface area contributed by atoms with Crippen LogP contribution in [0.4, 0.5) is 0 Å². The van der Waals surface area contributed by atoms with Crippen molar-refractivity contribution >= 4 is 5.91 Å². The molecule has 1 saturated heterocycles. The summed E-state index contributed by atoms with van der Waals surface area (Å²) in [4.78, 5) is 20.6. The predicted molar refractivity (Wildman–Crippen MR) is 88.6 cm³/mol. The van der Waals surface area contributed by atoms with Gasteiger partial charge in [0, 0.05) is 37.4 Å². The van der Waals surface area contributed by atoms with Gasteiger partial charge in [-0.1, -0.05) is 13.8 Å². The van der Waals surface area contributed by atoms with Gasteiger partial charge in [-0.15, -0.1) is 0 Å². The van der Waals surface area contributed by atoms with Gasteiger partial charge in [0.25, 0.3) is 0 Å². The van der Waals surface area contributed by atoms with Crippen LogP contribution in [0.15, 0.2) is 24.5 Å². The van der Waals surface area contributed by atoms with Crippen molar-refractivity contribution in [3.63, 3.8) is 0 Å². The van der Waals surface area contributed by atoms with Crippen LogP contribution in [-0.4, -0.2) is 59.1 Å². The van der Waals surface area contributed by atoms with Gasteiger partial charge >= 0.3 is 0 Å². The van der Waals surface area contributed by atoms with Crippen LogP contribution in [0.3, 0.4) is 0 Å². The summed E-state index contributed by atoms with van der Waals surface area (Å²) >= 11 is 0. The number of amides is 1. The Morgan fingerprint density at radius 1 is 1.43 bits per heavy atom. The zero-order valence-electron chi connectivity index (χ0n) is 14.3. The Hall–Kier alpha value is -1.46.